The van der Waals surface area contributed by atoms with Crippen molar-refractivity contribution in [3.63, 3.8) is 0 Å². The number of aromatic amines is 2. The minimum atomic E-state index is -4.67. The number of carbonyl (C=O) groups excluding carboxylic acids is 4. The number of ketones is 4. The maximum absolute atomic E-state index is 12.4. The second kappa shape index (κ2) is 29.2. The highest BCUT2D eigenvalue weighted by Gasteiger charge is 2.23. The first-order chi connectivity index (χ1) is 46.5. The van der Waals surface area contributed by atoms with Crippen LogP contribution in [0.25, 0.3) is 67.4 Å². The lowest BCUT2D eigenvalue weighted by atomic mass is 10.0. The van der Waals surface area contributed by atoms with E-state index in [1.165, 1.54) is 24.3 Å². The molecule has 5 aromatic heterocycles. The molecule has 13 aromatic rings. The number of hydrogen-bond acceptors (Lipinski definition) is 24. The van der Waals surface area contributed by atoms with Crippen molar-refractivity contribution in [2.45, 2.75) is 0 Å². The average Bonchev–Trinajstić information content (AvgIpc) is 0.783. The number of carbonyl (C=O) groups is 4. The molecule has 5 heterocycles. The maximum atomic E-state index is 12.4. The Bertz CT molecular complexity index is 5030. The highest BCUT2D eigenvalue weighted by atomic mass is 32.3. The topological polar surface area (TPSA) is 463 Å². The fraction of sp³-hybridized carbons (Fsp3) is 0. The molecule has 0 unspecified atom stereocenters. The minimum absolute atomic E-state index is 0.0488. The van der Waals surface area contributed by atoms with Crippen molar-refractivity contribution in [2.75, 3.05) is 11.5 Å². The van der Waals surface area contributed by atoms with Gasteiger partial charge in [0.25, 0.3) is 5.56 Å². The third-order valence-corrected chi connectivity index (χ3v) is 13.6. The lowest BCUT2D eigenvalue weighted by Gasteiger charge is -2.12. The van der Waals surface area contributed by atoms with Gasteiger partial charge in [-0.1, -0.05) is 121 Å². The highest BCUT2D eigenvalue weighted by molar-refractivity contribution is 7.79. The van der Waals surface area contributed by atoms with Gasteiger partial charge < -0.3 is 41.4 Å². The number of rotatable bonds is 14. The Morgan fingerprint density at radius 2 is 0.639 bits per heavy atom. The fourth-order valence-corrected chi connectivity index (χ4v) is 9.04. The molecule has 13 rings (SSSR count). The molecule has 0 radical (unpaired) electrons. The molecule has 29 heteroatoms. The van der Waals surface area contributed by atoms with Crippen LogP contribution in [0.15, 0.2) is 228 Å². The largest absolute Gasteiger partial charge is 0.492 e. The van der Waals surface area contributed by atoms with Crippen molar-refractivity contribution in [3.05, 3.63) is 261 Å². The third kappa shape index (κ3) is 16.7. The summed E-state index contributed by atoms with van der Waals surface area (Å²) >= 11 is 0. The quantitative estimate of drug-likeness (QED) is 0.0275. The summed E-state index contributed by atoms with van der Waals surface area (Å²) in [6.07, 6.45) is 0. The van der Waals surface area contributed by atoms with E-state index < -0.39 is 68.6 Å². The van der Waals surface area contributed by atoms with Gasteiger partial charge in [-0.3, -0.25) is 43.0 Å². The number of nitrogens with two attached hydrogens (primary N) is 2. The van der Waals surface area contributed by atoms with E-state index in [1.54, 1.807) is 109 Å². The average molecular weight is 1320 g/mol. The van der Waals surface area contributed by atoms with Crippen LogP contribution in [0.2, 0.25) is 0 Å². The SMILES string of the molecule is Nc1[nH]c(=O)[nH]c(=O)c1N.O=C(C(=O)c1ccc(Oc2ccc(C(=O)C(=O)c3ccccc3)cc2)cc1)c1ccccc1.O=S(=O)(O)O.Oc1nc(O)c2nc(-c3ccccc3)c(-c3ccc(Oc4ccc(-c5nc6nc(O)nc(O)c6nc5-c5ccccc5)cc4)cc3)nc2n1. The molecular formula is C68H48N12O16S. The molecule has 8 aromatic carbocycles. The summed E-state index contributed by atoms with van der Waals surface area (Å²) in [6.45, 7) is 0. The number of benzene rings is 8. The van der Waals surface area contributed by atoms with Gasteiger partial charge in [-0.25, -0.2) is 24.7 Å². The number of Topliss-reactive ketones (excluding diaryl/α,β-unsaturated/α-hetero) is 4. The first-order valence-corrected chi connectivity index (χ1v) is 29.6. The molecule has 482 valence electrons. The van der Waals surface area contributed by atoms with Crippen LogP contribution in [0.4, 0.5) is 11.5 Å². The van der Waals surface area contributed by atoms with Crippen LogP contribution < -0.4 is 32.2 Å². The van der Waals surface area contributed by atoms with Gasteiger partial charge in [0, 0.05) is 44.5 Å². The Kier molecular flexibility index (Phi) is 19.9. The van der Waals surface area contributed by atoms with E-state index >= 15 is 0 Å². The number of nitrogen functional groups attached to an aromatic ring is 2. The lowest BCUT2D eigenvalue weighted by molar-refractivity contribution is 0.0817. The van der Waals surface area contributed by atoms with Gasteiger partial charge in [-0.05, 0) is 97.1 Å². The summed E-state index contributed by atoms with van der Waals surface area (Å²) < 4.78 is 43.5. The van der Waals surface area contributed by atoms with Gasteiger partial charge in [0.1, 0.15) is 34.5 Å². The monoisotopic (exact) mass is 1320 g/mol. The molecule has 0 aliphatic heterocycles. The summed E-state index contributed by atoms with van der Waals surface area (Å²) in [6, 6.07) is 61.3. The van der Waals surface area contributed by atoms with Crippen molar-refractivity contribution >= 4 is 67.4 Å². The number of nitrogens with zero attached hydrogens (tertiary/aromatic N) is 8. The van der Waals surface area contributed by atoms with Gasteiger partial charge >= 0.3 is 28.1 Å². The van der Waals surface area contributed by atoms with Gasteiger partial charge in [-0.2, -0.15) is 28.4 Å². The van der Waals surface area contributed by atoms with Crippen LogP contribution in [0.1, 0.15) is 41.4 Å². The van der Waals surface area contributed by atoms with Gasteiger partial charge in [0.15, 0.2) is 22.3 Å². The van der Waals surface area contributed by atoms with E-state index in [0.717, 1.165) is 11.1 Å². The normalized spacial score (nSPS) is 10.7. The molecule has 97 heavy (non-hydrogen) atoms. The first-order valence-electron chi connectivity index (χ1n) is 28.2. The summed E-state index contributed by atoms with van der Waals surface area (Å²) in [5, 5.41) is 40.3. The molecule has 0 aliphatic rings. The molecule has 0 bridgehead atoms. The van der Waals surface area contributed by atoms with Gasteiger partial charge in [0.2, 0.25) is 34.9 Å². The molecule has 0 saturated carbocycles. The van der Waals surface area contributed by atoms with Crippen LogP contribution in [-0.2, 0) is 10.4 Å². The Morgan fingerprint density at radius 3 is 0.959 bits per heavy atom. The smallest absolute Gasteiger partial charge is 0.394 e. The van der Waals surface area contributed by atoms with E-state index in [2.05, 4.69) is 44.9 Å². The number of aromatic nitrogens is 10. The molecule has 0 fully saturated rings. The molecule has 28 nitrogen and oxygen atoms in total. The third-order valence-electron chi connectivity index (χ3n) is 13.6. The Hall–Kier alpha value is -13.8. The van der Waals surface area contributed by atoms with Crippen LogP contribution in [0.5, 0.6) is 46.8 Å². The zero-order valence-electron chi connectivity index (χ0n) is 49.7. The number of hydrogen-bond donors (Lipinski definition) is 10. The van der Waals surface area contributed by atoms with E-state index in [9.17, 15) is 49.2 Å². The van der Waals surface area contributed by atoms with E-state index in [-0.39, 0.29) is 45.0 Å². The second-order valence-electron chi connectivity index (χ2n) is 20.1. The number of H-pyrrole nitrogens is 2. The summed E-state index contributed by atoms with van der Waals surface area (Å²) in [4.78, 5) is 108. The molecular weight excluding hydrogens is 1270 g/mol. The maximum Gasteiger partial charge on any atom is 0.394 e. The minimum Gasteiger partial charge on any atom is -0.492 e. The van der Waals surface area contributed by atoms with Crippen LogP contribution in [0.3, 0.4) is 0 Å². The Labute approximate surface area is 546 Å². The zero-order valence-corrected chi connectivity index (χ0v) is 50.5. The molecule has 0 amide bonds. The second-order valence-corrected chi connectivity index (χ2v) is 21.0. The predicted octanol–water partition coefficient (Wildman–Crippen LogP) is 9.62. The Morgan fingerprint density at radius 1 is 0.361 bits per heavy atom. The number of fused-ring (bicyclic) bond motifs is 2. The number of aromatic hydroxyl groups is 4. The molecule has 0 atom stereocenters. The van der Waals surface area contributed by atoms with Crippen LogP contribution >= 0.6 is 0 Å². The highest BCUT2D eigenvalue weighted by Crippen LogP contribution is 2.37. The summed E-state index contributed by atoms with van der Waals surface area (Å²) in [7, 11) is -4.67. The van der Waals surface area contributed by atoms with Crippen LogP contribution in [0, 0.1) is 0 Å². The summed E-state index contributed by atoms with van der Waals surface area (Å²) in [5.74, 6) is -1.36. The van der Waals surface area contributed by atoms with Crippen molar-refractivity contribution in [1.82, 2.24) is 49.8 Å². The first kappa shape index (κ1) is 66.2. The van der Waals surface area contributed by atoms with E-state index in [1.807, 2.05) is 89.9 Å². The van der Waals surface area contributed by atoms with Gasteiger partial charge in [0.05, 0.1) is 22.8 Å². The molecule has 0 saturated heterocycles. The number of ether oxygens (including phenoxy) is 2. The van der Waals surface area contributed by atoms with Gasteiger partial charge in [-0.15, -0.1) is 0 Å². The fourth-order valence-electron chi connectivity index (χ4n) is 9.04. The van der Waals surface area contributed by atoms with Crippen molar-refractivity contribution in [2.24, 2.45) is 0 Å². The molecule has 0 aliphatic carbocycles. The predicted molar refractivity (Wildman–Crippen MR) is 353 cm³/mol. The van der Waals surface area contributed by atoms with E-state index in [4.69, 9.17) is 38.5 Å². The Balaban J connectivity index is 0.000000182. The molecule has 12 N–H and O–H groups in total. The summed E-state index contributed by atoms with van der Waals surface area (Å²) in [5.41, 5.74) is 15.1. The number of anilines is 2. The number of nitrogens with one attached hydrogen (secondary N) is 2. The van der Waals surface area contributed by atoms with Crippen LogP contribution in [-0.4, -0.2) is 111 Å². The standard InChI is InChI=1S/C36H22N8O5.C28H18O5.C4H6N4O2.H2O4S/c45-33-29-31(41-35(47)43-33)39-27(25(37-29)19-7-3-1-4-8-19)21-11-15-23(16-12-21)49-24-17-13-22(14-18-24)28-26(20-9-5-2-6-10-20)38-30-32(40-28)42-36(48)44-34(30)46;29-25(19-7-3-1-4-8-19)27(31)21-11-15-23(16-12-21)33-24-17-13-22(14-18-24)28(32)26(30)20-9-5-2-6-10-20;5-1-2(6)7-4(10)8-3(1)9;1-5(2,3)4/h1-18H,(H2,39,41,43,45,47)(H2,40,42,44,46,48);1-18H;5H2,(H4,6,7,8,9,10);(H2,1,2,3,4). The van der Waals surface area contributed by atoms with E-state index in [0.29, 0.717) is 68.0 Å². The van der Waals surface area contributed by atoms with Crippen molar-refractivity contribution in [1.29, 1.82) is 0 Å². The van der Waals surface area contributed by atoms with Crippen molar-refractivity contribution < 1.29 is 66.6 Å². The lowest BCUT2D eigenvalue weighted by Crippen LogP contribution is -2.26. The van der Waals surface area contributed by atoms with Crippen molar-refractivity contribution in [3.8, 4) is 91.8 Å². The zero-order chi connectivity index (χ0) is 68.9. The molecule has 0 spiro atoms.